The normalized spacial score (nSPS) is 24.8. The van der Waals surface area contributed by atoms with Crippen molar-refractivity contribution in [2.75, 3.05) is 20.6 Å². The Hall–Kier alpha value is -1.33. The number of likely N-dealkylation sites (tertiary alicyclic amines) is 1. The van der Waals surface area contributed by atoms with Gasteiger partial charge in [-0.15, -0.1) is 0 Å². The van der Waals surface area contributed by atoms with E-state index in [0.29, 0.717) is 19.0 Å². The number of piperidine rings is 1. The van der Waals surface area contributed by atoms with Crippen LogP contribution in [0.3, 0.4) is 0 Å². The summed E-state index contributed by atoms with van der Waals surface area (Å²) in [4.78, 5) is 15.6. The molecule has 0 aliphatic carbocycles. The fourth-order valence-electron chi connectivity index (χ4n) is 2.68. The first-order valence-electron chi connectivity index (χ1n) is 6.66. The van der Waals surface area contributed by atoms with Crippen LogP contribution in [0.2, 0.25) is 0 Å². The van der Waals surface area contributed by atoms with Gasteiger partial charge in [0.15, 0.2) is 0 Å². The molecule has 0 aromatic carbocycles. The predicted molar refractivity (Wildman–Crippen MR) is 72.0 cm³/mol. The van der Waals surface area contributed by atoms with Crippen molar-refractivity contribution in [2.45, 2.75) is 38.4 Å². The summed E-state index contributed by atoms with van der Waals surface area (Å²) in [5.41, 5.74) is 0. The van der Waals surface area contributed by atoms with E-state index in [0.717, 1.165) is 24.5 Å². The van der Waals surface area contributed by atoms with Crippen molar-refractivity contribution in [1.29, 1.82) is 0 Å². The zero-order valence-electron chi connectivity index (χ0n) is 11.8. The minimum atomic E-state index is -0.741. The molecular formula is C14H22N2O3. The second-order valence-electron chi connectivity index (χ2n) is 5.48. The summed E-state index contributed by atoms with van der Waals surface area (Å²) < 4.78 is 5.54. The summed E-state index contributed by atoms with van der Waals surface area (Å²) in [6.45, 7) is 3.26. The van der Waals surface area contributed by atoms with Crippen LogP contribution in [0, 0.1) is 6.92 Å². The number of nitrogens with zero attached hydrogens (tertiary/aromatic N) is 2. The monoisotopic (exact) mass is 266 g/mol. The molecule has 106 valence electrons. The van der Waals surface area contributed by atoms with E-state index >= 15 is 0 Å². The van der Waals surface area contributed by atoms with Crippen LogP contribution in [0.15, 0.2) is 16.5 Å². The average Bonchev–Trinajstić information content (AvgIpc) is 2.74. The van der Waals surface area contributed by atoms with Crippen molar-refractivity contribution in [3.8, 4) is 0 Å². The molecule has 0 spiro atoms. The molecule has 5 nitrogen and oxygen atoms in total. The van der Waals surface area contributed by atoms with Gasteiger partial charge in [0.05, 0.1) is 6.54 Å². The van der Waals surface area contributed by atoms with Crippen molar-refractivity contribution in [3.05, 3.63) is 23.7 Å². The van der Waals surface area contributed by atoms with Gasteiger partial charge in [-0.2, -0.15) is 0 Å². The van der Waals surface area contributed by atoms with Crippen LogP contribution in [-0.4, -0.2) is 53.6 Å². The molecule has 2 unspecified atom stereocenters. The van der Waals surface area contributed by atoms with Crippen LogP contribution in [-0.2, 0) is 11.3 Å². The highest BCUT2D eigenvalue weighted by Gasteiger charge is 2.34. The minimum Gasteiger partial charge on any atom is -0.480 e. The fourth-order valence-corrected chi connectivity index (χ4v) is 2.68. The summed E-state index contributed by atoms with van der Waals surface area (Å²) in [5.74, 6) is 0.965. The number of hydrogen-bond acceptors (Lipinski definition) is 4. The summed E-state index contributed by atoms with van der Waals surface area (Å²) in [6.07, 6.45) is 1.67. The van der Waals surface area contributed by atoms with Crippen molar-refractivity contribution in [3.63, 3.8) is 0 Å². The van der Waals surface area contributed by atoms with Gasteiger partial charge in [0.1, 0.15) is 17.6 Å². The lowest BCUT2D eigenvalue weighted by molar-refractivity contribution is -0.146. The fraction of sp³-hybridized carbons (Fsp3) is 0.643. The van der Waals surface area contributed by atoms with E-state index in [1.807, 2.05) is 38.1 Å². The molecule has 2 heterocycles. The van der Waals surface area contributed by atoms with E-state index in [2.05, 4.69) is 4.90 Å². The molecule has 1 N–H and O–H groups in total. The van der Waals surface area contributed by atoms with Gasteiger partial charge >= 0.3 is 5.97 Å². The van der Waals surface area contributed by atoms with Crippen molar-refractivity contribution >= 4 is 5.97 Å². The van der Waals surface area contributed by atoms with Crippen molar-refractivity contribution in [2.24, 2.45) is 0 Å². The maximum Gasteiger partial charge on any atom is 0.320 e. The Bertz CT molecular complexity index is 442. The number of carboxylic acids is 1. The summed E-state index contributed by atoms with van der Waals surface area (Å²) in [6, 6.07) is 3.76. The third-order valence-corrected chi connectivity index (χ3v) is 3.86. The molecule has 1 aliphatic heterocycles. The summed E-state index contributed by atoms with van der Waals surface area (Å²) >= 11 is 0. The highest BCUT2D eigenvalue weighted by molar-refractivity contribution is 5.73. The molecule has 1 fully saturated rings. The number of aryl methyl sites for hydroxylation is 1. The first-order valence-corrected chi connectivity index (χ1v) is 6.66. The Labute approximate surface area is 113 Å². The Balaban J connectivity index is 2.05. The maximum atomic E-state index is 11.4. The number of furan rings is 1. The Morgan fingerprint density at radius 2 is 2.26 bits per heavy atom. The first kappa shape index (κ1) is 14.1. The largest absolute Gasteiger partial charge is 0.480 e. The minimum absolute atomic E-state index is 0.343. The average molecular weight is 266 g/mol. The number of carboxylic acid groups (broad SMARTS) is 1. The number of carbonyl (C=O) groups is 1. The molecule has 0 bridgehead atoms. The van der Waals surface area contributed by atoms with Crippen LogP contribution in [0.25, 0.3) is 0 Å². The van der Waals surface area contributed by atoms with Crippen LogP contribution in [0.1, 0.15) is 24.4 Å². The van der Waals surface area contributed by atoms with Crippen LogP contribution >= 0.6 is 0 Å². The zero-order valence-corrected chi connectivity index (χ0v) is 11.8. The standard InChI is InChI=1S/C14H22N2O3/c1-10-4-5-12(19-10)9-16-7-6-11(15(2)3)8-13(16)14(17)18/h4-5,11,13H,6-9H2,1-3H3,(H,17,18). The lowest BCUT2D eigenvalue weighted by Gasteiger charge is -2.39. The van der Waals surface area contributed by atoms with Gasteiger partial charge in [-0.3, -0.25) is 9.69 Å². The number of hydrogen-bond donors (Lipinski definition) is 1. The molecule has 1 aliphatic rings. The Morgan fingerprint density at radius 1 is 1.53 bits per heavy atom. The van der Waals surface area contributed by atoms with Crippen molar-refractivity contribution < 1.29 is 14.3 Å². The Kier molecular flexibility index (Phi) is 4.27. The molecule has 19 heavy (non-hydrogen) atoms. The van der Waals surface area contributed by atoms with Gasteiger partial charge in [-0.1, -0.05) is 0 Å². The van der Waals surface area contributed by atoms with E-state index in [1.54, 1.807) is 0 Å². The van der Waals surface area contributed by atoms with Gasteiger partial charge in [-0.05, 0) is 46.0 Å². The quantitative estimate of drug-likeness (QED) is 0.896. The smallest absolute Gasteiger partial charge is 0.320 e. The van der Waals surface area contributed by atoms with Crippen LogP contribution < -0.4 is 0 Å². The second kappa shape index (κ2) is 5.75. The third kappa shape index (κ3) is 3.36. The Morgan fingerprint density at radius 3 is 2.79 bits per heavy atom. The highest BCUT2D eigenvalue weighted by atomic mass is 16.4. The van der Waals surface area contributed by atoms with Gasteiger partial charge in [0.2, 0.25) is 0 Å². The topological polar surface area (TPSA) is 56.9 Å². The molecular weight excluding hydrogens is 244 g/mol. The van der Waals surface area contributed by atoms with E-state index in [-0.39, 0.29) is 0 Å². The summed E-state index contributed by atoms with van der Waals surface area (Å²) in [7, 11) is 4.02. The van der Waals surface area contributed by atoms with E-state index in [9.17, 15) is 9.90 Å². The van der Waals surface area contributed by atoms with Gasteiger partial charge in [0.25, 0.3) is 0 Å². The molecule has 0 amide bonds. The van der Waals surface area contributed by atoms with Crippen LogP contribution in [0.5, 0.6) is 0 Å². The molecule has 5 heteroatoms. The zero-order chi connectivity index (χ0) is 14.0. The third-order valence-electron chi connectivity index (χ3n) is 3.86. The maximum absolute atomic E-state index is 11.4. The van der Waals surface area contributed by atoms with Gasteiger partial charge in [0, 0.05) is 12.6 Å². The van der Waals surface area contributed by atoms with E-state index in [4.69, 9.17) is 4.42 Å². The van der Waals surface area contributed by atoms with Crippen molar-refractivity contribution in [1.82, 2.24) is 9.80 Å². The molecule has 0 radical (unpaired) electrons. The molecule has 1 saturated heterocycles. The molecule has 2 atom stereocenters. The van der Waals surface area contributed by atoms with Gasteiger partial charge in [-0.25, -0.2) is 0 Å². The molecule has 1 aromatic heterocycles. The molecule has 2 rings (SSSR count). The highest BCUT2D eigenvalue weighted by Crippen LogP contribution is 2.23. The summed E-state index contributed by atoms with van der Waals surface area (Å²) in [5, 5.41) is 9.40. The lowest BCUT2D eigenvalue weighted by atomic mass is 9.96. The van der Waals surface area contributed by atoms with Gasteiger partial charge < -0.3 is 14.4 Å². The first-order chi connectivity index (χ1) is 8.97. The molecule has 0 saturated carbocycles. The predicted octanol–water partition coefficient (Wildman–Crippen LogP) is 1.57. The lowest BCUT2D eigenvalue weighted by Crippen LogP contribution is -2.51. The number of aliphatic carboxylic acids is 1. The molecule has 1 aromatic rings. The van der Waals surface area contributed by atoms with Crippen LogP contribution in [0.4, 0.5) is 0 Å². The van der Waals surface area contributed by atoms with E-state index in [1.165, 1.54) is 0 Å². The SMILES string of the molecule is Cc1ccc(CN2CCC(N(C)C)CC2C(=O)O)o1. The van der Waals surface area contributed by atoms with E-state index < -0.39 is 12.0 Å². The second-order valence-corrected chi connectivity index (χ2v) is 5.48. The number of rotatable bonds is 4.